The lowest BCUT2D eigenvalue weighted by Gasteiger charge is -2.36. The minimum Gasteiger partial charge on any atom is -0.368 e. The van der Waals surface area contributed by atoms with Crippen molar-refractivity contribution in [2.75, 3.05) is 13.1 Å². The Hall–Kier alpha value is -1.39. The smallest absolute Gasteiger partial charge is 0.243 e. The molecular formula is C17H29N3O. The van der Waals surface area contributed by atoms with Gasteiger partial charge in [-0.2, -0.15) is 0 Å². The van der Waals surface area contributed by atoms with Gasteiger partial charge in [0.1, 0.15) is 5.54 Å². The van der Waals surface area contributed by atoms with Crippen LogP contribution < -0.4 is 11.5 Å². The number of carbonyl (C=O) groups excluding carboxylic acids is 1. The topological polar surface area (TPSA) is 72.3 Å². The minimum atomic E-state index is -1.14. The van der Waals surface area contributed by atoms with Gasteiger partial charge < -0.3 is 11.5 Å². The molecule has 0 spiro atoms. The summed E-state index contributed by atoms with van der Waals surface area (Å²) >= 11 is 0. The van der Waals surface area contributed by atoms with E-state index in [4.69, 9.17) is 11.5 Å². The zero-order valence-corrected chi connectivity index (χ0v) is 13.5. The Bertz CT molecular complexity index is 435. The van der Waals surface area contributed by atoms with Crippen LogP contribution in [0.1, 0.15) is 45.6 Å². The van der Waals surface area contributed by atoms with Gasteiger partial charge in [-0.15, -0.1) is 0 Å². The molecule has 21 heavy (non-hydrogen) atoms. The Morgan fingerprint density at radius 2 is 1.90 bits per heavy atom. The van der Waals surface area contributed by atoms with Crippen LogP contribution in [-0.2, 0) is 10.3 Å². The first-order chi connectivity index (χ1) is 9.95. The molecule has 1 amide bonds. The summed E-state index contributed by atoms with van der Waals surface area (Å²) in [5, 5.41) is 0. The van der Waals surface area contributed by atoms with Crippen molar-refractivity contribution in [3.8, 4) is 0 Å². The van der Waals surface area contributed by atoms with Crippen LogP contribution in [-0.4, -0.2) is 29.9 Å². The summed E-state index contributed by atoms with van der Waals surface area (Å²) in [7, 11) is 0. The molecule has 0 bridgehead atoms. The molecule has 4 heteroatoms. The normalized spacial score (nSPS) is 15.7. The molecule has 0 aliphatic rings. The number of carbonyl (C=O) groups is 1. The fraction of sp³-hybridized carbons (Fsp3) is 0.588. The first kappa shape index (κ1) is 17.7. The van der Waals surface area contributed by atoms with E-state index in [1.54, 1.807) is 0 Å². The summed E-state index contributed by atoms with van der Waals surface area (Å²) in [6, 6.07) is 9.81. The monoisotopic (exact) mass is 291 g/mol. The Balaban J connectivity index is 3.01. The van der Waals surface area contributed by atoms with E-state index in [0.29, 0.717) is 12.6 Å². The van der Waals surface area contributed by atoms with Crippen LogP contribution in [0.25, 0.3) is 0 Å². The third-order valence-electron chi connectivity index (χ3n) is 4.19. The number of rotatable bonds is 9. The van der Waals surface area contributed by atoms with Gasteiger partial charge in [-0.05, 0) is 31.9 Å². The third kappa shape index (κ3) is 4.55. The second-order valence-electron chi connectivity index (χ2n) is 5.78. The van der Waals surface area contributed by atoms with Crippen molar-refractivity contribution in [2.24, 2.45) is 11.5 Å². The first-order valence-electron chi connectivity index (χ1n) is 7.84. The molecule has 4 N–H and O–H groups in total. The number of primary amides is 1. The van der Waals surface area contributed by atoms with E-state index in [2.05, 4.69) is 25.7 Å². The minimum absolute atomic E-state index is 0.377. The van der Waals surface area contributed by atoms with Crippen LogP contribution in [0.3, 0.4) is 0 Å². The van der Waals surface area contributed by atoms with Crippen molar-refractivity contribution in [1.82, 2.24) is 4.90 Å². The molecule has 0 radical (unpaired) electrons. The number of nitrogens with two attached hydrogens (primary N) is 2. The summed E-state index contributed by atoms with van der Waals surface area (Å²) < 4.78 is 0. The Morgan fingerprint density at radius 3 is 2.38 bits per heavy atom. The highest BCUT2D eigenvalue weighted by Gasteiger charge is 2.36. The number of benzene rings is 1. The second-order valence-corrected chi connectivity index (χ2v) is 5.78. The molecule has 0 heterocycles. The Labute approximate surface area is 128 Å². The van der Waals surface area contributed by atoms with Crippen LogP contribution in [0, 0.1) is 0 Å². The van der Waals surface area contributed by atoms with Crippen molar-refractivity contribution in [1.29, 1.82) is 0 Å². The molecule has 0 saturated heterocycles. The molecule has 1 rings (SSSR count). The number of amides is 1. The van der Waals surface area contributed by atoms with Gasteiger partial charge in [0.15, 0.2) is 0 Å². The molecule has 0 saturated carbocycles. The average molecular weight is 291 g/mol. The average Bonchev–Trinajstić information content (AvgIpc) is 2.51. The zero-order valence-electron chi connectivity index (χ0n) is 13.5. The fourth-order valence-electron chi connectivity index (χ4n) is 2.44. The molecule has 2 atom stereocenters. The lowest BCUT2D eigenvalue weighted by Crippen LogP contribution is -2.57. The second kappa shape index (κ2) is 8.15. The first-order valence-corrected chi connectivity index (χ1v) is 7.84. The van der Waals surface area contributed by atoms with E-state index in [1.165, 1.54) is 0 Å². The molecule has 1 aromatic carbocycles. The van der Waals surface area contributed by atoms with Crippen molar-refractivity contribution in [3.05, 3.63) is 35.9 Å². The van der Waals surface area contributed by atoms with E-state index >= 15 is 0 Å². The highest BCUT2D eigenvalue weighted by Crippen LogP contribution is 2.21. The maximum absolute atomic E-state index is 12.0. The van der Waals surface area contributed by atoms with E-state index < -0.39 is 11.4 Å². The third-order valence-corrected chi connectivity index (χ3v) is 4.19. The zero-order chi connectivity index (χ0) is 15.9. The maximum atomic E-state index is 12.0. The van der Waals surface area contributed by atoms with E-state index in [9.17, 15) is 4.79 Å². The van der Waals surface area contributed by atoms with Gasteiger partial charge in [0, 0.05) is 12.6 Å². The molecule has 0 fully saturated rings. The molecular weight excluding hydrogens is 262 g/mol. The molecule has 1 aromatic rings. The van der Waals surface area contributed by atoms with Crippen LogP contribution in [0.2, 0.25) is 0 Å². The largest absolute Gasteiger partial charge is 0.368 e. The Kier molecular flexibility index (Phi) is 6.85. The molecule has 0 aliphatic carbocycles. The number of nitrogens with zero attached hydrogens (tertiary/aromatic N) is 1. The molecule has 118 valence electrons. The van der Waals surface area contributed by atoms with E-state index in [-0.39, 0.29) is 0 Å². The summed E-state index contributed by atoms with van der Waals surface area (Å²) in [6.45, 7) is 7.87. The van der Waals surface area contributed by atoms with Crippen LogP contribution in [0.4, 0.5) is 0 Å². The van der Waals surface area contributed by atoms with E-state index in [0.717, 1.165) is 31.4 Å². The SMILES string of the molecule is CCCCN(CC(N)(C(N)=O)c1ccccc1)C(C)CC. The summed E-state index contributed by atoms with van der Waals surface area (Å²) in [6.07, 6.45) is 3.23. The van der Waals surface area contributed by atoms with Crippen LogP contribution in [0.15, 0.2) is 30.3 Å². The highest BCUT2D eigenvalue weighted by molar-refractivity contribution is 5.86. The number of hydrogen-bond donors (Lipinski definition) is 2. The van der Waals surface area contributed by atoms with Crippen molar-refractivity contribution < 1.29 is 4.79 Å². The fourth-order valence-corrected chi connectivity index (χ4v) is 2.44. The molecule has 0 aliphatic heterocycles. The van der Waals surface area contributed by atoms with Gasteiger partial charge in [0.2, 0.25) is 5.91 Å². The summed E-state index contributed by atoms with van der Waals surface area (Å²) in [5.74, 6) is -0.474. The lowest BCUT2D eigenvalue weighted by atomic mass is 9.89. The van der Waals surface area contributed by atoms with Gasteiger partial charge in [0.25, 0.3) is 0 Å². The van der Waals surface area contributed by atoms with E-state index in [1.807, 2.05) is 30.3 Å². The van der Waals surface area contributed by atoms with Crippen molar-refractivity contribution in [3.63, 3.8) is 0 Å². The Morgan fingerprint density at radius 1 is 1.29 bits per heavy atom. The highest BCUT2D eigenvalue weighted by atomic mass is 16.1. The van der Waals surface area contributed by atoms with Crippen molar-refractivity contribution >= 4 is 5.91 Å². The number of unbranched alkanes of at least 4 members (excludes halogenated alkanes) is 1. The predicted molar refractivity (Wildman–Crippen MR) is 87.7 cm³/mol. The van der Waals surface area contributed by atoms with Gasteiger partial charge in [0.05, 0.1) is 0 Å². The predicted octanol–water partition coefficient (Wildman–Crippen LogP) is 2.23. The summed E-state index contributed by atoms with van der Waals surface area (Å²) in [4.78, 5) is 14.3. The molecule has 2 unspecified atom stereocenters. The number of hydrogen-bond acceptors (Lipinski definition) is 3. The van der Waals surface area contributed by atoms with Gasteiger partial charge >= 0.3 is 0 Å². The summed E-state index contributed by atoms with van der Waals surface area (Å²) in [5.41, 5.74) is 11.7. The van der Waals surface area contributed by atoms with Crippen LogP contribution >= 0.6 is 0 Å². The quantitative estimate of drug-likeness (QED) is 0.733. The molecule has 4 nitrogen and oxygen atoms in total. The standard InChI is InChI=1S/C17H29N3O/c1-4-6-12-20(14(3)5-2)13-17(19,16(18)21)15-10-8-7-9-11-15/h7-11,14H,4-6,12-13,19H2,1-3H3,(H2,18,21). The van der Waals surface area contributed by atoms with Gasteiger partial charge in [-0.1, -0.05) is 50.6 Å². The van der Waals surface area contributed by atoms with Crippen molar-refractivity contribution in [2.45, 2.75) is 51.6 Å². The lowest BCUT2D eigenvalue weighted by molar-refractivity contribution is -0.124. The van der Waals surface area contributed by atoms with Gasteiger partial charge in [-0.3, -0.25) is 9.69 Å². The molecule has 0 aromatic heterocycles. The van der Waals surface area contributed by atoms with Crippen LogP contribution in [0.5, 0.6) is 0 Å². The maximum Gasteiger partial charge on any atom is 0.243 e. The van der Waals surface area contributed by atoms with Gasteiger partial charge in [-0.25, -0.2) is 0 Å².